The first-order valence-corrected chi connectivity index (χ1v) is 4.99. The summed E-state index contributed by atoms with van der Waals surface area (Å²) < 4.78 is 3.98. The molecule has 4 heteroatoms. The maximum atomic E-state index is 10.8. The van der Waals surface area contributed by atoms with Crippen LogP contribution in [0.15, 0.2) is 24.3 Å². The molecule has 1 atom stereocenters. The van der Waals surface area contributed by atoms with Crippen LogP contribution in [0, 0.1) is 0 Å². The summed E-state index contributed by atoms with van der Waals surface area (Å²) in [6.07, 6.45) is 0.384. The smallest absolute Gasteiger partial charge is 0.319 e. The number of aliphatic carboxylic acids is 1. The number of hydrogen-bond donors (Lipinski definition) is 2. The first-order valence-electron chi connectivity index (χ1n) is 4.54. The molecule has 0 radical (unpaired) electrons. The summed E-state index contributed by atoms with van der Waals surface area (Å²) in [5, 5.41) is 8.90. The van der Waals surface area contributed by atoms with Crippen LogP contribution in [0.3, 0.4) is 0 Å². The molecule has 0 aliphatic heterocycles. The van der Waals surface area contributed by atoms with Gasteiger partial charge in [-0.05, 0) is 31.0 Å². The van der Waals surface area contributed by atoms with Gasteiger partial charge in [-0.3, -0.25) is 4.79 Å². The first-order chi connectivity index (χ1) is 6.95. The molecule has 1 N–H and O–H groups in total. The number of benzene rings is 1. The molecular formula is C11H14O3S. The summed E-state index contributed by atoms with van der Waals surface area (Å²) in [5.41, 5.74) is 0.927. The second-order valence-corrected chi connectivity index (χ2v) is 4.59. The van der Waals surface area contributed by atoms with Crippen LogP contribution in [0.1, 0.15) is 12.5 Å². The van der Waals surface area contributed by atoms with Crippen molar-refractivity contribution < 1.29 is 14.6 Å². The lowest BCUT2D eigenvalue weighted by Crippen LogP contribution is -2.31. The maximum Gasteiger partial charge on any atom is 0.319 e. The Bertz CT molecular complexity index is 343. The van der Waals surface area contributed by atoms with Crippen LogP contribution in [-0.2, 0) is 11.2 Å². The van der Waals surface area contributed by atoms with E-state index in [1.165, 1.54) is 0 Å². The summed E-state index contributed by atoms with van der Waals surface area (Å²) in [6, 6.07) is 7.30. The van der Waals surface area contributed by atoms with E-state index in [-0.39, 0.29) is 0 Å². The summed E-state index contributed by atoms with van der Waals surface area (Å²) >= 11 is 4.11. The Hall–Kier alpha value is -1.16. The Kier molecular flexibility index (Phi) is 3.63. The van der Waals surface area contributed by atoms with Gasteiger partial charge in [0.1, 0.15) is 10.5 Å². The predicted octanol–water partition coefficient (Wildman–Crippen LogP) is 2.01. The molecule has 1 unspecified atom stereocenters. The Morgan fingerprint density at radius 3 is 2.40 bits per heavy atom. The highest BCUT2D eigenvalue weighted by Gasteiger charge is 2.28. The largest absolute Gasteiger partial charge is 0.497 e. The van der Waals surface area contributed by atoms with Gasteiger partial charge in [-0.2, -0.15) is 12.6 Å². The Balaban J connectivity index is 2.77. The molecule has 0 aromatic heterocycles. The molecule has 0 amide bonds. The van der Waals surface area contributed by atoms with Gasteiger partial charge in [0.15, 0.2) is 0 Å². The minimum Gasteiger partial charge on any atom is -0.497 e. The number of hydrogen-bond acceptors (Lipinski definition) is 3. The Morgan fingerprint density at radius 1 is 1.47 bits per heavy atom. The van der Waals surface area contributed by atoms with Crippen molar-refractivity contribution in [2.24, 2.45) is 0 Å². The van der Waals surface area contributed by atoms with Crippen molar-refractivity contribution in [1.29, 1.82) is 0 Å². The highest BCUT2D eigenvalue weighted by Crippen LogP contribution is 2.22. The van der Waals surface area contributed by atoms with Gasteiger partial charge in [0.25, 0.3) is 0 Å². The highest BCUT2D eigenvalue weighted by molar-refractivity contribution is 7.82. The number of carbonyl (C=O) groups is 1. The lowest BCUT2D eigenvalue weighted by molar-refractivity contribution is -0.139. The fourth-order valence-electron chi connectivity index (χ4n) is 1.22. The van der Waals surface area contributed by atoms with Gasteiger partial charge in [-0.25, -0.2) is 0 Å². The third-order valence-electron chi connectivity index (χ3n) is 2.17. The van der Waals surface area contributed by atoms with Gasteiger partial charge in [0.2, 0.25) is 0 Å². The molecule has 82 valence electrons. The molecule has 0 bridgehead atoms. The van der Waals surface area contributed by atoms with E-state index in [1.807, 2.05) is 12.1 Å². The van der Waals surface area contributed by atoms with Crippen LogP contribution in [-0.4, -0.2) is 22.9 Å². The molecular weight excluding hydrogens is 212 g/mol. The van der Waals surface area contributed by atoms with Gasteiger partial charge in [-0.15, -0.1) is 0 Å². The molecule has 0 aliphatic rings. The van der Waals surface area contributed by atoms with E-state index in [2.05, 4.69) is 12.6 Å². The minimum atomic E-state index is -1.03. The second-order valence-electron chi connectivity index (χ2n) is 3.60. The normalized spacial score (nSPS) is 14.3. The molecule has 1 rings (SSSR count). The highest BCUT2D eigenvalue weighted by atomic mass is 32.1. The fourth-order valence-corrected chi connectivity index (χ4v) is 1.40. The number of methoxy groups -OCH3 is 1. The molecule has 0 aliphatic carbocycles. The van der Waals surface area contributed by atoms with Crippen LogP contribution in [0.5, 0.6) is 5.75 Å². The molecule has 1 aromatic carbocycles. The third-order valence-corrected chi connectivity index (χ3v) is 2.52. The number of rotatable bonds is 4. The summed E-state index contributed by atoms with van der Waals surface area (Å²) in [6.45, 7) is 1.59. The number of carboxylic acid groups (broad SMARTS) is 1. The van der Waals surface area contributed by atoms with Crippen molar-refractivity contribution in [3.8, 4) is 5.75 Å². The van der Waals surface area contributed by atoms with E-state index in [9.17, 15) is 4.79 Å². The number of carboxylic acids is 1. The van der Waals surface area contributed by atoms with Crippen LogP contribution >= 0.6 is 12.6 Å². The van der Waals surface area contributed by atoms with Crippen molar-refractivity contribution in [3.63, 3.8) is 0 Å². The molecule has 0 heterocycles. The van der Waals surface area contributed by atoms with E-state index in [1.54, 1.807) is 26.2 Å². The standard InChI is InChI=1S/C11H14O3S/c1-11(15,10(12)13)7-8-3-5-9(14-2)6-4-8/h3-6,15H,7H2,1-2H3,(H,12,13). The molecule has 3 nitrogen and oxygen atoms in total. The lowest BCUT2D eigenvalue weighted by Gasteiger charge is -2.17. The molecule has 0 saturated heterocycles. The average Bonchev–Trinajstić information content (AvgIpc) is 2.18. The van der Waals surface area contributed by atoms with Gasteiger partial charge >= 0.3 is 5.97 Å². The van der Waals surface area contributed by atoms with E-state index in [4.69, 9.17) is 9.84 Å². The third kappa shape index (κ3) is 3.16. The molecule has 15 heavy (non-hydrogen) atoms. The van der Waals surface area contributed by atoms with Crippen LogP contribution in [0.4, 0.5) is 0 Å². The second kappa shape index (κ2) is 4.57. The quantitative estimate of drug-likeness (QED) is 0.772. The summed E-state index contributed by atoms with van der Waals surface area (Å²) in [5.74, 6) is -0.156. The van der Waals surface area contributed by atoms with Gasteiger partial charge in [-0.1, -0.05) is 12.1 Å². The SMILES string of the molecule is COc1ccc(CC(C)(S)C(=O)O)cc1. The van der Waals surface area contributed by atoms with Crippen molar-refractivity contribution in [2.75, 3.05) is 7.11 Å². The first kappa shape index (κ1) is 11.9. The lowest BCUT2D eigenvalue weighted by atomic mass is 10.0. The van der Waals surface area contributed by atoms with Crippen molar-refractivity contribution in [3.05, 3.63) is 29.8 Å². The summed E-state index contributed by atoms with van der Waals surface area (Å²) in [4.78, 5) is 10.8. The van der Waals surface area contributed by atoms with E-state index >= 15 is 0 Å². The van der Waals surface area contributed by atoms with Crippen LogP contribution < -0.4 is 4.74 Å². The van der Waals surface area contributed by atoms with Crippen LogP contribution in [0.2, 0.25) is 0 Å². The fraction of sp³-hybridized carbons (Fsp3) is 0.364. The monoisotopic (exact) mass is 226 g/mol. The molecule has 0 spiro atoms. The van der Waals surface area contributed by atoms with Gasteiger partial charge in [0.05, 0.1) is 7.11 Å². The summed E-state index contributed by atoms with van der Waals surface area (Å²) in [7, 11) is 1.59. The van der Waals surface area contributed by atoms with E-state index < -0.39 is 10.7 Å². The zero-order valence-corrected chi connectivity index (χ0v) is 9.62. The van der Waals surface area contributed by atoms with E-state index in [0.29, 0.717) is 6.42 Å². The predicted molar refractivity (Wildman–Crippen MR) is 61.7 cm³/mol. The number of thiol groups is 1. The topological polar surface area (TPSA) is 46.5 Å². The molecule has 1 aromatic rings. The van der Waals surface area contributed by atoms with Crippen LogP contribution in [0.25, 0.3) is 0 Å². The van der Waals surface area contributed by atoms with Gasteiger partial charge < -0.3 is 9.84 Å². The van der Waals surface area contributed by atoms with E-state index in [0.717, 1.165) is 11.3 Å². The Labute approximate surface area is 94.5 Å². The number of ether oxygens (including phenoxy) is 1. The Morgan fingerprint density at radius 2 is 2.00 bits per heavy atom. The minimum absolute atomic E-state index is 0.384. The van der Waals surface area contributed by atoms with Gasteiger partial charge in [0, 0.05) is 0 Å². The van der Waals surface area contributed by atoms with Crippen molar-refractivity contribution in [2.45, 2.75) is 18.1 Å². The van der Waals surface area contributed by atoms with Crippen molar-refractivity contribution >= 4 is 18.6 Å². The zero-order chi connectivity index (χ0) is 11.5. The average molecular weight is 226 g/mol. The molecule has 0 saturated carbocycles. The maximum absolute atomic E-state index is 10.8. The van der Waals surface area contributed by atoms with Crippen molar-refractivity contribution in [1.82, 2.24) is 0 Å². The zero-order valence-electron chi connectivity index (χ0n) is 8.73. The molecule has 0 fully saturated rings.